The number of nitrogens with two attached hydrogens (primary N) is 1. The normalized spacial score (nSPS) is 10.8. The first-order valence-electron chi connectivity index (χ1n) is 5.40. The van der Waals surface area contributed by atoms with E-state index in [0.717, 1.165) is 33.2 Å². The van der Waals surface area contributed by atoms with Crippen LogP contribution in [0.15, 0.2) is 23.5 Å². The van der Waals surface area contributed by atoms with Crippen molar-refractivity contribution < 1.29 is 0 Å². The Kier molecular flexibility index (Phi) is 3.38. The minimum atomic E-state index is 0.821. The molecule has 0 amide bonds. The third-order valence-electron chi connectivity index (χ3n) is 2.73. The zero-order valence-electron chi connectivity index (χ0n) is 10.3. The van der Waals surface area contributed by atoms with Gasteiger partial charge in [0.15, 0.2) is 0 Å². The third-order valence-corrected chi connectivity index (χ3v) is 3.69. The van der Waals surface area contributed by atoms with Gasteiger partial charge in [-0.3, -0.25) is 9.67 Å². The van der Waals surface area contributed by atoms with E-state index in [9.17, 15) is 0 Å². The van der Waals surface area contributed by atoms with Gasteiger partial charge < -0.3 is 5.73 Å². The summed E-state index contributed by atoms with van der Waals surface area (Å²) in [5, 5.41) is 4.13. The number of hydrogen-bond donors (Lipinski definition) is 1. The molecule has 0 radical (unpaired) electrons. The zero-order valence-corrected chi connectivity index (χ0v) is 11.1. The molecule has 0 aliphatic rings. The van der Waals surface area contributed by atoms with E-state index < -0.39 is 0 Å². The van der Waals surface area contributed by atoms with E-state index in [1.807, 2.05) is 39.5 Å². The average molecular weight is 248 g/mol. The number of pyridine rings is 1. The molecule has 0 aliphatic heterocycles. The van der Waals surface area contributed by atoms with Gasteiger partial charge in [0.25, 0.3) is 0 Å². The Hall–Kier alpha value is -1.49. The van der Waals surface area contributed by atoms with E-state index >= 15 is 0 Å². The van der Waals surface area contributed by atoms with Gasteiger partial charge >= 0.3 is 0 Å². The summed E-state index contributed by atoms with van der Waals surface area (Å²) in [4.78, 5) is 5.58. The number of rotatable bonds is 3. The molecule has 0 atom stereocenters. The second kappa shape index (κ2) is 4.79. The van der Waals surface area contributed by atoms with E-state index in [-0.39, 0.29) is 0 Å². The Morgan fingerprint density at radius 3 is 2.76 bits per heavy atom. The van der Waals surface area contributed by atoms with E-state index in [1.165, 1.54) is 0 Å². The summed E-state index contributed by atoms with van der Waals surface area (Å²) in [5.74, 6) is 0.821. The number of hydrogen-bond acceptors (Lipinski definition) is 4. The third kappa shape index (κ3) is 2.61. The first-order chi connectivity index (χ1) is 8.08. The summed E-state index contributed by atoms with van der Waals surface area (Å²) in [7, 11) is 1.91. The van der Waals surface area contributed by atoms with Crippen LogP contribution in [0.3, 0.4) is 0 Å². The number of aryl methyl sites for hydroxylation is 2. The van der Waals surface area contributed by atoms with Crippen LogP contribution >= 0.6 is 11.8 Å². The van der Waals surface area contributed by atoms with Crippen molar-refractivity contribution in [3.05, 3.63) is 35.4 Å². The van der Waals surface area contributed by atoms with Gasteiger partial charge in [0.1, 0.15) is 0 Å². The molecule has 0 saturated heterocycles. The molecule has 0 saturated carbocycles. The molecule has 0 fully saturated rings. The summed E-state index contributed by atoms with van der Waals surface area (Å²) < 4.78 is 1.80. The van der Waals surface area contributed by atoms with Crippen LogP contribution in [0.25, 0.3) is 0 Å². The highest BCUT2D eigenvalue weighted by molar-refractivity contribution is 7.98. The van der Waals surface area contributed by atoms with Crippen LogP contribution in [-0.4, -0.2) is 14.8 Å². The minimum Gasteiger partial charge on any atom is -0.398 e. The molecule has 2 rings (SSSR count). The average Bonchev–Trinajstić information content (AvgIpc) is 2.71. The number of thioether (sulfide) groups is 1. The van der Waals surface area contributed by atoms with Crippen molar-refractivity contribution in [3.8, 4) is 0 Å². The Balaban J connectivity index is 2.12. The number of nitrogen functional groups attached to an aromatic ring is 1. The van der Waals surface area contributed by atoms with Crippen molar-refractivity contribution in [1.82, 2.24) is 14.8 Å². The zero-order chi connectivity index (χ0) is 12.4. The molecule has 90 valence electrons. The lowest BCUT2D eigenvalue weighted by Gasteiger charge is -2.08. The largest absolute Gasteiger partial charge is 0.398 e. The van der Waals surface area contributed by atoms with Gasteiger partial charge in [0.2, 0.25) is 0 Å². The molecule has 0 spiro atoms. The Bertz CT molecular complexity index is 533. The molecular weight excluding hydrogens is 232 g/mol. The molecule has 0 unspecified atom stereocenters. The maximum atomic E-state index is 5.99. The van der Waals surface area contributed by atoms with Gasteiger partial charge in [-0.25, -0.2) is 0 Å². The van der Waals surface area contributed by atoms with Gasteiger partial charge in [0.05, 0.1) is 11.9 Å². The first-order valence-corrected chi connectivity index (χ1v) is 6.38. The molecule has 2 heterocycles. The van der Waals surface area contributed by atoms with Crippen LogP contribution in [-0.2, 0) is 12.8 Å². The van der Waals surface area contributed by atoms with E-state index in [1.54, 1.807) is 16.4 Å². The second-order valence-electron chi connectivity index (χ2n) is 4.06. The van der Waals surface area contributed by atoms with Crippen LogP contribution in [0, 0.1) is 13.8 Å². The van der Waals surface area contributed by atoms with Crippen LogP contribution in [0.1, 0.15) is 16.8 Å². The lowest BCUT2D eigenvalue weighted by Crippen LogP contribution is -2.00. The SMILES string of the molecule is Cc1cnc(CSc2cnn(C)c2)c(C)c1N. The molecule has 0 aromatic carbocycles. The Morgan fingerprint density at radius 2 is 2.12 bits per heavy atom. The smallest absolute Gasteiger partial charge is 0.0625 e. The second-order valence-corrected chi connectivity index (χ2v) is 5.11. The molecule has 0 aliphatic carbocycles. The Morgan fingerprint density at radius 1 is 1.35 bits per heavy atom. The van der Waals surface area contributed by atoms with Crippen molar-refractivity contribution in [3.63, 3.8) is 0 Å². The molecule has 2 aromatic heterocycles. The Labute approximate surface area is 105 Å². The highest BCUT2D eigenvalue weighted by Crippen LogP contribution is 2.25. The summed E-state index contributed by atoms with van der Waals surface area (Å²) in [6, 6.07) is 0. The van der Waals surface area contributed by atoms with Gasteiger partial charge in [-0.1, -0.05) is 0 Å². The molecule has 2 aromatic rings. The lowest BCUT2D eigenvalue weighted by atomic mass is 10.1. The highest BCUT2D eigenvalue weighted by atomic mass is 32.2. The van der Waals surface area contributed by atoms with Crippen molar-refractivity contribution in [1.29, 1.82) is 0 Å². The maximum absolute atomic E-state index is 5.99. The van der Waals surface area contributed by atoms with E-state index in [0.29, 0.717) is 0 Å². The van der Waals surface area contributed by atoms with Gasteiger partial charge in [-0.15, -0.1) is 11.8 Å². The summed E-state index contributed by atoms with van der Waals surface area (Å²) in [6.45, 7) is 4.00. The topological polar surface area (TPSA) is 56.7 Å². The molecule has 2 N–H and O–H groups in total. The van der Waals surface area contributed by atoms with E-state index in [4.69, 9.17) is 5.73 Å². The fourth-order valence-corrected chi connectivity index (χ4v) is 2.51. The summed E-state index contributed by atoms with van der Waals surface area (Å²) in [6.07, 6.45) is 5.69. The fraction of sp³-hybridized carbons (Fsp3) is 0.333. The highest BCUT2D eigenvalue weighted by Gasteiger charge is 2.07. The molecule has 4 nitrogen and oxygen atoms in total. The van der Waals surface area contributed by atoms with Crippen molar-refractivity contribution in [2.75, 3.05) is 5.73 Å². The van der Waals surface area contributed by atoms with Crippen LogP contribution in [0.4, 0.5) is 5.69 Å². The van der Waals surface area contributed by atoms with Crippen LogP contribution < -0.4 is 5.73 Å². The number of anilines is 1. The molecular formula is C12H16N4S. The quantitative estimate of drug-likeness (QED) is 0.847. The van der Waals surface area contributed by atoms with Gasteiger partial charge in [-0.2, -0.15) is 5.10 Å². The van der Waals surface area contributed by atoms with Crippen LogP contribution in [0.2, 0.25) is 0 Å². The standard InChI is InChI=1S/C12H16N4S/c1-8-4-14-11(9(2)12(8)13)7-17-10-5-15-16(3)6-10/h4-6H,7H2,1-3H3,(H2,13,14). The van der Waals surface area contributed by atoms with Gasteiger partial charge in [-0.05, 0) is 25.0 Å². The van der Waals surface area contributed by atoms with Crippen molar-refractivity contribution >= 4 is 17.4 Å². The first kappa shape index (κ1) is 12.0. The predicted molar refractivity (Wildman–Crippen MR) is 70.9 cm³/mol. The summed E-state index contributed by atoms with van der Waals surface area (Å²) >= 11 is 1.72. The molecule has 5 heteroatoms. The molecule has 0 bridgehead atoms. The lowest BCUT2D eigenvalue weighted by molar-refractivity contribution is 0.766. The van der Waals surface area contributed by atoms with Crippen molar-refractivity contribution in [2.24, 2.45) is 7.05 Å². The minimum absolute atomic E-state index is 0.821. The number of aromatic nitrogens is 3. The van der Waals surface area contributed by atoms with E-state index in [2.05, 4.69) is 10.1 Å². The monoisotopic (exact) mass is 248 g/mol. The number of nitrogens with zero attached hydrogens (tertiary/aromatic N) is 3. The van der Waals surface area contributed by atoms with Crippen molar-refractivity contribution in [2.45, 2.75) is 24.5 Å². The summed E-state index contributed by atoms with van der Waals surface area (Å²) in [5.41, 5.74) is 10.0. The van der Waals surface area contributed by atoms with Gasteiger partial charge in [0, 0.05) is 35.8 Å². The molecule has 17 heavy (non-hydrogen) atoms. The maximum Gasteiger partial charge on any atom is 0.0625 e. The van der Waals surface area contributed by atoms with Crippen LogP contribution in [0.5, 0.6) is 0 Å². The fourth-order valence-electron chi connectivity index (χ4n) is 1.56. The predicted octanol–water partition coefficient (Wildman–Crippen LogP) is 2.31.